The molecule has 0 atom stereocenters. The molecule has 3 N–H and O–H groups in total. The molecule has 2 aromatic carbocycles. The van der Waals surface area contributed by atoms with E-state index < -0.39 is 6.03 Å². The van der Waals surface area contributed by atoms with Crippen LogP contribution >= 0.6 is 0 Å². The smallest absolute Gasteiger partial charge is 0.324 e. The van der Waals surface area contributed by atoms with Gasteiger partial charge in [0.25, 0.3) is 5.91 Å². The summed E-state index contributed by atoms with van der Waals surface area (Å²) in [5.41, 5.74) is 1.79. The van der Waals surface area contributed by atoms with E-state index in [0.29, 0.717) is 40.1 Å². The minimum atomic E-state index is -0.516. The normalized spacial score (nSPS) is 10.6. The van der Waals surface area contributed by atoms with E-state index in [1.165, 1.54) is 42.4 Å². The van der Waals surface area contributed by atoms with E-state index in [9.17, 15) is 14.0 Å². The van der Waals surface area contributed by atoms with Gasteiger partial charge in [0.15, 0.2) is 5.76 Å². The Balaban J connectivity index is 1.29. The van der Waals surface area contributed by atoms with Gasteiger partial charge in [0, 0.05) is 31.1 Å². The second-order valence-electron chi connectivity index (χ2n) is 7.94. The van der Waals surface area contributed by atoms with Gasteiger partial charge in [-0.15, -0.1) is 0 Å². The molecule has 0 unspecified atom stereocenters. The molecule has 3 heterocycles. The molecule has 0 fully saturated rings. The van der Waals surface area contributed by atoms with Crippen LogP contribution in [0.15, 0.2) is 95.7 Å². The Morgan fingerprint density at radius 2 is 1.74 bits per heavy atom. The summed E-state index contributed by atoms with van der Waals surface area (Å²) in [4.78, 5) is 28.6. The monoisotopic (exact) mass is 512 g/mol. The zero-order chi connectivity index (χ0) is 26.5. The van der Waals surface area contributed by atoms with Crippen LogP contribution in [0.4, 0.5) is 20.7 Å². The SMILES string of the molecule is CNC(=O)c1cc(Oc2ccc(NC(=O)Nc3cc(-c4ccco4)nn3-c3ccc(F)cc3)cc2)ccn1. The minimum absolute atomic E-state index is 0.232. The third-order valence-electron chi connectivity index (χ3n) is 5.33. The van der Waals surface area contributed by atoms with Crippen molar-refractivity contribution in [1.29, 1.82) is 0 Å². The number of benzene rings is 2. The van der Waals surface area contributed by atoms with Crippen molar-refractivity contribution in [3.05, 3.63) is 103 Å². The van der Waals surface area contributed by atoms with Crippen molar-refractivity contribution in [3.63, 3.8) is 0 Å². The predicted molar refractivity (Wildman–Crippen MR) is 138 cm³/mol. The Morgan fingerprint density at radius 3 is 2.45 bits per heavy atom. The zero-order valence-corrected chi connectivity index (χ0v) is 20.0. The van der Waals surface area contributed by atoms with Crippen molar-refractivity contribution in [2.75, 3.05) is 17.7 Å². The molecule has 0 spiro atoms. The summed E-state index contributed by atoms with van der Waals surface area (Å²) in [6, 6.07) is 20.2. The highest BCUT2D eigenvalue weighted by Crippen LogP contribution is 2.26. The number of halogens is 1. The highest BCUT2D eigenvalue weighted by Gasteiger charge is 2.16. The second-order valence-corrected chi connectivity index (χ2v) is 7.94. The highest BCUT2D eigenvalue weighted by atomic mass is 19.1. The van der Waals surface area contributed by atoms with Crippen molar-refractivity contribution in [2.24, 2.45) is 0 Å². The van der Waals surface area contributed by atoms with Crippen LogP contribution in [-0.4, -0.2) is 33.8 Å². The molecule has 190 valence electrons. The third kappa shape index (κ3) is 5.51. The predicted octanol–water partition coefficient (Wildman–Crippen LogP) is 5.46. The number of amides is 3. The molecular formula is C27H21FN6O4. The van der Waals surface area contributed by atoms with Crippen molar-refractivity contribution in [3.8, 4) is 28.6 Å². The molecule has 38 heavy (non-hydrogen) atoms. The summed E-state index contributed by atoms with van der Waals surface area (Å²) in [5.74, 6) is 1.10. The number of furan rings is 1. The lowest BCUT2D eigenvalue weighted by Gasteiger charge is -2.11. The Morgan fingerprint density at radius 1 is 0.947 bits per heavy atom. The van der Waals surface area contributed by atoms with Gasteiger partial charge in [-0.25, -0.2) is 13.9 Å². The average molecular weight is 513 g/mol. The second kappa shape index (κ2) is 10.7. The van der Waals surface area contributed by atoms with Gasteiger partial charge in [0.05, 0.1) is 12.0 Å². The number of carbonyl (C=O) groups is 2. The fourth-order valence-electron chi connectivity index (χ4n) is 3.54. The maximum absolute atomic E-state index is 13.4. The largest absolute Gasteiger partial charge is 0.463 e. The fourth-order valence-corrected chi connectivity index (χ4v) is 3.54. The van der Waals surface area contributed by atoms with Crippen LogP contribution in [0.25, 0.3) is 17.1 Å². The van der Waals surface area contributed by atoms with Crippen LogP contribution in [0, 0.1) is 5.82 Å². The van der Waals surface area contributed by atoms with E-state index in [2.05, 4.69) is 26.0 Å². The molecule has 0 aliphatic carbocycles. The third-order valence-corrected chi connectivity index (χ3v) is 5.33. The zero-order valence-electron chi connectivity index (χ0n) is 20.0. The lowest BCUT2D eigenvalue weighted by atomic mass is 10.3. The number of carbonyl (C=O) groups excluding carboxylic acids is 2. The first kappa shape index (κ1) is 24.3. The molecule has 0 saturated carbocycles. The number of nitrogens with one attached hydrogen (secondary N) is 3. The van der Waals surface area contributed by atoms with E-state index in [1.54, 1.807) is 60.7 Å². The summed E-state index contributed by atoms with van der Waals surface area (Å²) >= 11 is 0. The number of nitrogens with zero attached hydrogens (tertiary/aromatic N) is 3. The lowest BCUT2D eigenvalue weighted by molar-refractivity contribution is 0.0957. The van der Waals surface area contributed by atoms with E-state index in [-0.39, 0.29) is 17.4 Å². The van der Waals surface area contributed by atoms with Crippen molar-refractivity contribution < 1.29 is 23.1 Å². The first-order chi connectivity index (χ1) is 18.5. The Labute approximate surface area is 216 Å². The van der Waals surface area contributed by atoms with Gasteiger partial charge in [-0.05, 0) is 66.7 Å². The number of urea groups is 1. The molecule has 0 bridgehead atoms. The van der Waals surface area contributed by atoms with E-state index in [4.69, 9.17) is 9.15 Å². The average Bonchev–Trinajstić information content (AvgIpc) is 3.61. The number of pyridine rings is 1. The molecule has 0 saturated heterocycles. The van der Waals surface area contributed by atoms with Gasteiger partial charge in [-0.3, -0.25) is 15.1 Å². The number of hydrogen-bond donors (Lipinski definition) is 3. The molecule has 11 heteroatoms. The maximum atomic E-state index is 13.4. The Kier molecular flexibility index (Phi) is 6.81. The quantitative estimate of drug-likeness (QED) is 0.266. The summed E-state index contributed by atoms with van der Waals surface area (Å²) in [6.45, 7) is 0. The van der Waals surface area contributed by atoms with Gasteiger partial charge in [-0.1, -0.05) is 0 Å². The summed E-state index contributed by atoms with van der Waals surface area (Å²) in [6.07, 6.45) is 3.00. The van der Waals surface area contributed by atoms with Gasteiger partial charge >= 0.3 is 6.03 Å². The first-order valence-corrected chi connectivity index (χ1v) is 11.4. The first-order valence-electron chi connectivity index (χ1n) is 11.4. The van der Waals surface area contributed by atoms with Crippen molar-refractivity contribution in [2.45, 2.75) is 0 Å². The maximum Gasteiger partial charge on any atom is 0.324 e. The number of anilines is 2. The Bertz CT molecular complexity index is 1560. The fraction of sp³-hybridized carbons (Fsp3) is 0.0370. The van der Waals surface area contributed by atoms with Crippen LogP contribution in [0.3, 0.4) is 0 Å². The topological polar surface area (TPSA) is 123 Å². The van der Waals surface area contributed by atoms with Crippen LogP contribution in [0.1, 0.15) is 10.5 Å². The molecule has 0 aliphatic heterocycles. The molecule has 5 aromatic rings. The standard InChI is InChI=1S/C27H21FN6O4/c1-29-26(35)23-15-21(12-13-30-23)38-20-10-6-18(7-11-20)31-27(36)32-25-16-22(24-3-2-14-37-24)33-34(25)19-8-4-17(28)5-9-19/h2-16H,1H3,(H,29,35)(H2,31,32,36). The Hall–Kier alpha value is -5.45. The van der Waals surface area contributed by atoms with Gasteiger partial charge < -0.3 is 19.8 Å². The van der Waals surface area contributed by atoms with Crippen molar-refractivity contribution >= 4 is 23.4 Å². The van der Waals surface area contributed by atoms with Gasteiger partial charge in [-0.2, -0.15) is 5.10 Å². The molecule has 10 nitrogen and oxygen atoms in total. The van der Waals surface area contributed by atoms with Crippen LogP contribution in [-0.2, 0) is 0 Å². The summed E-state index contributed by atoms with van der Waals surface area (Å²) < 4.78 is 26.1. The summed E-state index contributed by atoms with van der Waals surface area (Å²) in [7, 11) is 1.52. The molecule has 5 rings (SSSR count). The molecule has 0 aliphatic rings. The molecule has 0 radical (unpaired) electrons. The number of ether oxygens (including phenoxy) is 1. The highest BCUT2D eigenvalue weighted by molar-refractivity contribution is 5.99. The van der Waals surface area contributed by atoms with Crippen LogP contribution in [0.2, 0.25) is 0 Å². The molecule has 3 aromatic heterocycles. The van der Waals surface area contributed by atoms with Gasteiger partial charge in [0.1, 0.15) is 34.5 Å². The molecular weight excluding hydrogens is 491 g/mol. The van der Waals surface area contributed by atoms with Gasteiger partial charge in [0.2, 0.25) is 0 Å². The van der Waals surface area contributed by atoms with E-state index >= 15 is 0 Å². The van der Waals surface area contributed by atoms with Crippen LogP contribution in [0.5, 0.6) is 11.5 Å². The van der Waals surface area contributed by atoms with E-state index in [0.717, 1.165) is 0 Å². The lowest BCUT2D eigenvalue weighted by Crippen LogP contribution is -2.21. The number of aromatic nitrogens is 3. The minimum Gasteiger partial charge on any atom is -0.463 e. The number of rotatable bonds is 7. The van der Waals surface area contributed by atoms with Crippen LogP contribution < -0.4 is 20.7 Å². The van der Waals surface area contributed by atoms with E-state index in [1.807, 2.05) is 0 Å². The molecule has 3 amide bonds. The summed E-state index contributed by atoms with van der Waals surface area (Å²) in [5, 5.41) is 12.5. The van der Waals surface area contributed by atoms with Crippen molar-refractivity contribution in [1.82, 2.24) is 20.1 Å². The number of hydrogen-bond acceptors (Lipinski definition) is 6.